The van der Waals surface area contributed by atoms with Crippen LogP contribution in [0.2, 0.25) is 0 Å². The molecule has 12 heteroatoms. The van der Waals surface area contributed by atoms with Crippen molar-refractivity contribution in [2.45, 2.75) is 31.7 Å². The Morgan fingerprint density at radius 3 is 2.78 bits per heavy atom. The van der Waals surface area contributed by atoms with E-state index in [2.05, 4.69) is 15.5 Å². The Labute approximate surface area is 157 Å². The smallest absolute Gasteiger partial charge is 0.352 e. The number of carbonyl (C=O) groups excluding carboxylic acids is 3. The number of aryl methyl sites for hydroxylation is 1. The molecule has 2 aliphatic heterocycles. The first-order chi connectivity index (χ1) is 12.8. The maximum Gasteiger partial charge on any atom is 0.352 e. The lowest BCUT2D eigenvalue weighted by molar-refractivity contribution is -0.151. The summed E-state index contributed by atoms with van der Waals surface area (Å²) < 4.78 is 9.64. The SMILES string of the molecule is CC(=O)OCC1=C(C(=O)O)N2C(=O)C(NC(=O)Cc3noc(C)n3)[C@@H]2SC1. The van der Waals surface area contributed by atoms with E-state index in [0.717, 1.165) is 4.90 Å². The first-order valence-electron chi connectivity index (χ1n) is 7.90. The zero-order valence-corrected chi connectivity index (χ0v) is 15.2. The summed E-state index contributed by atoms with van der Waals surface area (Å²) in [6.07, 6.45) is -0.155. The zero-order valence-electron chi connectivity index (χ0n) is 14.4. The molecule has 1 fully saturated rings. The van der Waals surface area contributed by atoms with E-state index in [-0.39, 0.29) is 30.3 Å². The number of nitrogens with one attached hydrogen (secondary N) is 1. The molecular weight excluding hydrogens is 380 g/mol. The van der Waals surface area contributed by atoms with Crippen molar-refractivity contribution in [2.24, 2.45) is 0 Å². The molecule has 1 aromatic heterocycles. The highest BCUT2D eigenvalue weighted by Gasteiger charge is 2.54. The van der Waals surface area contributed by atoms with E-state index < -0.39 is 35.2 Å². The number of aromatic nitrogens is 2. The van der Waals surface area contributed by atoms with Crippen LogP contribution < -0.4 is 5.32 Å². The summed E-state index contributed by atoms with van der Waals surface area (Å²) in [6, 6.07) is -0.847. The van der Waals surface area contributed by atoms with E-state index in [1.807, 2.05) is 0 Å². The van der Waals surface area contributed by atoms with Crippen LogP contribution in [-0.4, -0.2) is 67.7 Å². The fourth-order valence-corrected chi connectivity index (χ4v) is 4.09. The molecule has 1 aromatic rings. The third kappa shape index (κ3) is 3.79. The lowest BCUT2D eigenvalue weighted by atomic mass is 10.0. The van der Waals surface area contributed by atoms with E-state index in [0.29, 0.717) is 11.5 Å². The lowest BCUT2D eigenvalue weighted by Gasteiger charge is -2.49. The molecule has 0 spiro atoms. The molecule has 11 nitrogen and oxygen atoms in total. The summed E-state index contributed by atoms with van der Waals surface area (Å²) in [5.74, 6) is -2.06. The van der Waals surface area contributed by atoms with Gasteiger partial charge in [-0.2, -0.15) is 4.98 Å². The van der Waals surface area contributed by atoms with Crippen molar-refractivity contribution < 1.29 is 33.5 Å². The number of carbonyl (C=O) groups is 4. The Morgan fingerprint density at radius 2 is 2.19 bits per heavy atom. The van der Waals surface area contributed by atoms with Gasteiger partial charge in [0.25, 0.3) is 5.91 Å². The molecule has 0 bridgehead atoms. The Hall–Kier alpha value is -2.89. The van der Waals surface area contributed by atoms with Crippen molar-refractivity contribution in [2.75, 3.05) is 12.4 Å². The normalized spacial score (nSPS) is 21.4. The maximum atomic E-state index is 12.4. The number of rotatable bonds is 6. The zero-order chi connectivity index (χ0) is 19.7. The number of carboxylic acids is 1. The van der Waals surface area contributed by atoms with Crippen molar-refractivity contribution in [3.8, 4) is 0 Å². The number of carboxylic acid groups (broad SMARTS) is 1. The van der Waals surface area contributed by atoms with Gasteiger partial charge in [0.1, 0.15) is 23.7 Å². The minimum Gasteiger partial charge on any atom is -0.477 e. The number of amides is 2. The average molecular weight is 396 g/mol. The summed E-state index contributed by atoms with van der Waals surface area (Å²) in [7, 11) is 0. The quantitative estimate of drug-likeness (QED) is 0.463. The molecule has 0 aromatic carbocycles. The molecule has 0 aliphatic carbocycles. The van der Waals surface area contributed by atoms with Crippen LogP contribution in [0, 0.1) is 6.92 Å². The predicted molar refractivity (Wildman–Crippen MR) is 89.1 cm³/mol. The largest absolute Gasteiger partial charge is 0.477 e. The monoisotopic (exact) mass is 396 g/mol. The summed E-state index contributed by atoms with van der Waals surface area (Å²) in [4.78, 5) is 52.1. The van der Waals surface area contributed by atoms with Crippen LogP contribution in [0.25, 0.3) is 0 Å². The Bertz CT molecular complexity index is 849. The van der Waals surface area contributed by atoms with Crippen LogP contribution in [0.15, 0.2) is 15.8 Å². The average Bonchev–Trinajstić information content (AvgIpc) is 3.01. The molecule has 144 valence electrons. The molecule has 3 heterocycles. The van der Waals surface area contributed by atoms with Gasteiger partial charge in [0.05, 0.1) is 6.42 Å². The van der Waals surface area contributed by atoms with Crippen molar-refractivity contribution in [1.29, 1.82) is 0 Å². The third-order valence-electron chi connectivity index (χ3n) is 3.90. The number of esters is 1. The van der Waals surface area contributed by atoms with Gasteiger partial charge in [0.2, 0.25) is 11.8 Å². The molecule has 1 saturated heterocycles. The number of aliphatic carboxylic acids is 1. The Balaban J connectivity index is 1.68. The van der Waals surface area contributed by atoms with E-state index >= 15 is 0 Å². The highest BCUT2D eigenvalue weighted by molar-refractivity contribution is 8.00. The van der Waals surface area contributed by atoms with E-state index in [1.165, 1.54) is 18.7 Å². The molecular formula is C15H16N4O7S. The van der Waals surface area contributed by atoms with Gasteiger partial charge in [-0.05, 0) is 0 Å². The van der Waals surface area contributed by atoms with Crippen LogP contribution in [-0.2, 0) is 30.3 Å². The van der Waals surface area contributed by atoms with Gasteiger partial charge in [0.15, 0.2) is 5.82 Å². The molecule has 2 amide bonds. The van der Waals surface area contributed by atoms with Gasteiger partial charge < -0.3 is 19.7 Å². The topological polar surface area (TPSA) is 152 Å². The second-order valence-corrected chi connectivity index (χ2v) is 7.00. The van der Waals surface area contributed by atoms with Crippen LogP contribution in [0.4, 0.5) is 0 Å². The molecule has 0 saturated carbocycles. The Morgan fingerprint density at radius 1 is 1.44 bits per heavy atom. The van der Waals surface area contributed by atoms with Gasteiger partial charge in [0, 0.05) is 25.2 Å². The number of fused-ring (bicyclic) bond motifs is 1. The maximum absolute atomic E-state index is 12.4. The van der Waals surface area contributed by atoms with Crippen molar-refractivity contribution >= 4 is 35.5 Å². The molecule has 27 heavy (non-hydrogen) atoms. The lowest BCUT2D eigenvalue weighted by Crippen LogP contribution is -2.70. The minimum atomic E-state index is -1.29. The van der Waals surface area contributed by atoms with Crippen molar-refractivity contribution in [3.63, 3.8) is 0 Å². The number of hydrogen-bond acceptors (Lipinski definition) is 9. The van der Waals surface area contributed by atoms with Crippen molar-refractivity contribution in [1.82, 2.24) is 20.4 Å². The second kappa shape index (κ2) is 7.39. The molecule has 2 aliphatic rings. The fourth-order valence-electron chi connectivity index (χ4n) is 2.76. The number of thioether (sulfide) groups is 1. The van der Waals surface area contributed by atoms with E-state index in [1.54, 1.807) is 6.92 Å². The highest BCUT2D eigenvalue weighted by Crippen LogP contribution is 2.40. The first kappa shape index (κ1) is 18.9. The van der Waals surface area contributed by atoms with Gasteiger partial charge >= 0.3 is 11.9 Å². The van der Waals surface area contributed by atoms with Gasteiger partial charge in [-0.3, -0.25) is 19.3 Å². The number of β-lactam (4-membered cyclic amide) rings is 1. The predicted octanol–water partition coefficient (Wildman–Crippen LogP) is -0.778. The van der Waals surface area contributed by atoms with Crippen molar-refractivity contribution in [3.05, 3.63) is 23.0 Å². The van der Waals surface area contributed by atoms with E-state index in [4.69, 9.17) is 9.26 Å². The number of nitrogens with zero attached hydrogens (tertiary/aromatic N) is 3. The standard InChI is InChI=1S/C15H16N4O7S/c1-6-16-9(18-26-6)3-10(21)17-11-13(22)19-12(15(23)24)8(4-25-7(2)20)5-27-14(11)19/h11,14H,3-5H2,1-2H3,(H,17,21)(H,23,24)/t11?,14-/m0/s1. The van der Waals surface area contributed by atoms with Gasteiger partial charge in [-0.25, -0.2) is 4.79 Å². The summed E-state index contributed by atoms with van der Waals surface area (Å²) in [6.45, 7) is 2.60. The van der Waals surface area contributed by atoms with Gasteiger partial charge in [-0.15, -0.1) is 11.8 Å². The summed E-state index contributed by atoms with van der Waals surface area (Å²) >= 11 is 1.29. The molecule has 2 N–H and O–H groups in total. The van der Waals surface area contributed by atoms with Gasteiger partial charge in [-0.1, -0.05) is 5.16 Å². The highest BCUT2D eigenvalue weighted by atomic mass is 32.2. The minimum absolute atomic E-state index is 0.155. The molecule has 1 unspecified atom stereocenters. The van der Waals surface area contributed by atoms with Crippen LogP contribution in [0.3, 0.4) is 0 Å². The summed E-state index contributed by atoms with van der Waals surface area (Å²) in [5.41, 5.74) is 0.128. The molecule has 3 rings (SSSR count). The third-order valence-corrected chi connectivity index (χ3v) is 5.24. The first-order valence-corrected chi connectivity index (χ1v) is 8.94. The second-order valence-electron chi connectivity index (χ2n) is 5.90. The van der Waals surface area contributed by atoms with E-state index in [9.17, 15) is 24.3 Å². The van der Waals surface area contributed by atoms with Crippen LogP contribution in [0.1, 0.15) is 18.6 Å². The fraction of sp³-hybridized carbons (Fsp3) is 0.467. The molecule has 2 atom stereocenters. The van der Waals surface area contributed by atoms with Crippen LogP contribution >= 0.6 is 11.8 Å². The molecule has 0 radical (unpaired) electrons. The Kier molecular flexibility index (Phi) is 5.17. The summed E-state index contributed by atoms with van der Waals surface area (Å²) in [5, 5.41) is 15.1. The number of ether oxygens (including phenoxy) is 1. The number of hydrogen-bond donors (Lipinski definition) is 2. The van der Waals surface area contributed by atoms with Crippen LogP contribution in [0.5, 0.6) is 0 Å².